The van der Waals surface area contributed by atoms with Crippen LogP contribution in [-0.2, 0) is 15.0 Å². The Bertz CT molecular complexity index is 630. The van der Waals surface area contributed by atoms with Crippen LogP contribution in [0.2, 0.25) is 0 Å². The zero-order valence-corrected chi connectivity index (χ0v) is 17.4. The molecule has 27 heavy (non-hydrogen) atoms. The van der Waals surface area contributed by atoms with Gasteiger partial charge < -0.3 is 10.6 Å². The van der Waals surface area contributed by atoms with Crippen molar-refractivity contribution < 1.29 is 14.0 Å². The Labute approximate surface area is 166 Å². The minimum Gasteiger partial charge on any atom is -0.359 e. The molecule has 0 unspecified atom stereocenters. The Hall–Kier alpha value is -1.82. The molecule has 0 saturated carbocycles. The lowest BCUT2D eigenvalue weighted by Gasteiger charge is -2.21. The van der Waals surface area contributed by atoms with E-state index in [1.54, 1.807) is 0 Å². The summed E-state index contributed by atoms with van der Waals surface area (Å²) in [7, 11) is 0. The van der Waals surface area contributed by atoms with Gasteiger partial charge in [0.25, 0.3) is 0 Å². The first-order valence-electron chi connectivity index (χ1n) is 9.26. The van der Waals surface area contributed by atoms with Crippen LogP contribution in [0.4, 0.5) is 10.1 Å². The molecule has 0 atom stereocenters. The van der Waals surface area contributed by atoms with E-state index in [0.29, 0.717) is 6.54 Å². The van der Waals surface area contributed by atoms with Crippen molar-refractivity contribution in [1.82, 2.24) is 5.32 Å². The van der Waals surface area contributed by atoms with Gasteiger partial charge in [-0.05, 0) is 37.0 Å². The third-order valence-electron chi connectivity index (χ3n) is 4.21. The molecule has 0 bridgehead atoms. The maximum Gasteiger partial charge on any atom is 0.230 e. The Kier molecular flexibility index (Phi) is 10.1. The monoisotopic (exact) mass is 394 g/mol. The number of carbonyl (C=O) groups excluding carboxylic acids is 2. The molecule has 6 heteroatoms. The van der Waals surface area contributed by atoms with Crippen molar-refractivity contribution in [2.75, 3.05) is 24.3 Å². The van der Waals surface area contributed by atoms with E-state index < -0.39 is 5.41 Å². The van der Waals surface area contributed by atoms with Gasteiger partial charge in [-0.15, -0.1) is 0 Å². The van der Waals surface area contributed by atoms with Crippen LogP contribution < -0.4 is 10.6 Å². The van der Waals surface area contributed by atoms with E-state index in [-0.39, 0.29) is 23.4 Å². The molecular weight excluding hydrogens is 363 g/mol. The summed E-state index contributed by atoms with van der Waals surface area (Å²) in [5.41, 5.74) is 2.41. The maximum absolute atomic E-state index is 13.0. The highest BCUT2D eigenvalue weighted by molar-refractivity contribution is 8.14. The zero-order valence-electron chi connectivity index (χ0n) is 16.6. The van der Waals surface area contributed by atoms with Crippen molar-refractivity contribution in [2.24, 2.45) is 0 Å². The van der Waals surface area contributed by atoms with Gasteiger partial charge in [-0.25, -0.2) is 0 Å². The second-order valence-electron chi connectivity index (χ2n) is 7.26. The third-order valence-corrected chi connectivity index (χ3v) is 5.02. The average molecular weight is 395 g/mol. The standard InChI is InChI=1S/C21H31FN2O2S/c1-16(8-6-5-7-13-23-20(26)14-27-17(2)25)24-19-11-9-18(10-12-19)21(3,4)15-22/h9-12,24H,1,5-8,13-15H2,2-4H3,(H,23,26). The van der Waals surface area contributed by atoms with E-state index in [1.165, 1.54) is 6.92 Å². The smallest absolute Gasteiger partial charge is 0.230 e. The van der Waals surface area contributed by atoms with Gasteiger partial charge in [0.2, 0.25) is 5.91 Å². The summed E-state index contributed by atoms with van der Waals surface area (Å²) in [5, 5.41) is 6.05. The molecule has 0 saturated heterocycles. The number of allylic oxidation sites excluding steroid dienone is 1. The van der Waals surface area contributed by atoms with E-state index >= 15 is 0 Å². The van der Waals surface area contributed by atoms with Crippen LogP contribution in [-0.4, -0.2) is 30.0 Å². The molecular formula is C21H31FN2O2S. The molecule has 0 aliphatic carbocycles. The summed E-state index contributed by atoms with van der Waals surface area (Å²) in [6, 6.07) is 7.80. The van der Waals surface area contributed by atoms with Gasteiger partial charge in [-0.3, -0.25) is 14.0 Å². The lowest BCUT2D eigenvalue weighted by atomic mass is 9.86. The van der Waals surface area contributed by atoms with Gasteiger partial charge in [0.15, 0.2) is 5.12 Å². The Balaban J connectivity index is 2.19. The van der Waals surface area contributed by atoms with Crippen molar-refractivity contribution in [1.29, 1.82) is 0 Å². The molecule has 1 aromatic rings. The number of thioether (sulfide) groups is 1. The number of carbonyl (C=O) groups is 2. The van der Waals surface area contributed by atoms with Crippen molar-refractivity contribution in [3.05, 3.63) is 42.1 Å². The van der Waals surface area contributed by atoms with Crippen LogP contribution in [0.1, 0.15) is 52.0 Å². The van der Waals surface area contributed by atoms with Crippen molar-refractivity contribution >= 4 is 28.5 Å². The van der Waals surface area contributed by atoms with E-state index in [4.69, 9.17) is 0 Å². The molecule has 1 aromatic carbocycles. The molecule has 0 heterocycles. The van der Waals surface area contributed by atoms with Crippen LogP contribution in [0, 0.1) is 0 Å². The summed E-state index contributed by atoms with van der Waals surface area (Å²) in [4.78, 5) is 22.3. The van der Waals surface area contributed by atoms with Crippen molar-refractivity contribution in [3.63, 3.8) is 0 Å². The molecule has 0 spiro atoms. The Morgan fingerprint density at radius 2 is 1.81 bits per heavy atom. The molecule has 0 aliphatic rings. The van der Waals surface area contributed by atoms with Gasteiger partial charge in [-0.2, -0.15) is 0 Å². The molecule has 150 valence electrons. The third kappa shape index (κ3) is 9.61. The molecule has 0 aromatic heterocycles. The Morgan fingerprint density at radius 3 is 2.41 bits per heavy atom. The fourth-order valence-electron chi connectivity index (χ4n) is 2.43. The highest BCUT2D eigenvalue weighted by Gasteiger charge is 2.19. The molecule has 4 nitrogen and oxygen atoms in total. The number of halogens is 1. The maximum atomic E-state index is 13.0. The molecule has 0 fully saturated rings. The molecule has 0 aliphatic heterocycles. The quantitative estimate of drug-likeness (QED) is 0.499. The van der Waals surface area contributed by atoms with Crippen LogP contribution in [0.25, 0.3) is 0 Å². The summed E-state index contributed by atoms with van der Waals surface area (Å²) in [6.07, 6.45) is 3.73. The molecule has 1 rings (SSSR count). The Morgan fingerprint density at radius 1 is 1.15 bits per heavy atom. The molecule has 1 amide bonds. The number of rotatable bonds is 12. The number of amides is 1. The summed E-state index contributed by atoms with van der Waals surface area (Å²) in [5.74, 6) is 0.0952. The number of hydrogen-bond acceptors (Lipinski definition) is 4. The summed E-state index contributed by atoms with van der Waals surface area (Å²) >= 11 is 1.03. The minimum atomic E-state index is -0.463. The number of unbranched alkanes of at least 4 members (excludes halogenated alkanes) is 2. The van der Waals surface area contributed by atoms with Gasteiger partial charge in [-0.1, -0.05) is 50.7 Å². The lowest BCUT2D eigenvalue weighted by molar-refractivity contribution is -0.118. The lowest BCUT2D eigenvalue weighted by Crippen LogP contribution is -2.26. The van der Waals surface area contributed by atoms with Crippen molar-refractivity contribution in [2.45, 2.75) is 51.9 Å². The number of hydrogen-bond donors (Lipinski definition) is 2. The van der Waals surface area contributed by atoms with Crippen LogP contribution in [0.5, 0.6) is 0 Å². The average Bonchev–Trinajstić information content (AvgIpc) is 2.63. The van der Waals surface area contributed by atoms with Gasteiger partial charge >= 0.3 is 0 Å². The number of anilines is 1. The fourth-order valence-corrected chi connectivity index (χ4v) is 2.87. The topological polar surface area (TPSA) is 58.2 Å². The largest absolute Gasteiger partial charge is 0.359 e. The van der Waals surface area contributed by atoms with E-state index in [9.17, 15) is 14.0 Å². The zero-order chi connectivity index (χ0) is 20.3. The normalized spacial score (nSPS) is 11.1. The number of benzene rings is 1. The van der Waals surface area contributed by atoms with Gasteiger partial charge in [0, 0.05) is 30.3 Å². The minimum absolute atomic E-state index is 0.0445. The summed E-state index contributed by atoms with van der Waals surface area (Å²) in [6.45, 7) is 9.52. The first-order chi connectivity index (χ1) is 12.7. The van der Waals surface area contributed by atoms with Gasteiger partial charge in [0.1, 0.15) is 0 Å². The van der Waals surface area contributed by atoms with Crippen LogP contribution in [0.15, 0.2) is 36.5 Å². The fraction of sp³-hybridized carbons (Fsp3) is 0.524. The van der Waals surface area contributed by atoms with Crippen LogP contribution >= 0.6 is 11.8 Å². The van der Waals surface area contributed by atoms with Gasteiger partial charge in [0.05, 0.1) is 12.4 Å². The number of alkyl halides is 1. The molecule has 2 N–H and O–H groups in total. The van der Waals surface area contributed by atoms with E-state index in [2.05, 4.69) is 17.2 Å². The van der Waals surface area contributed by atoms with E-state index in [0.717, 1.165) is 54.4 Å². The highest BCUT2D eigenvalue weighted by Crippen LogP contribution is 2.25. The number of nitrogens with one attached hydrogen (secondary N) is 2. The van der Waals surface area contributed by atoms with E-state index in [1.807, 2.05) is 38.1 Å². The SMILES string of the molecule is C=C(CCCCCNC(=O)CSC(C)=O)Nc1ccc(C(C)(C)CF)cc1. The first-order valence-corrected chi connectivity index (χ1v) is 10.2. The van der Waals surface area contributed by atoms with Crippen LogP contribution in [0.3, 0.4) is 0 Å². The predicted molar refractivity (Wildman–Crippen MR) is 113 cm³/mol. The predicted octanol–water partition coefficient (Wildman–Crippen LogP) is 4.82. The molecule has 0 radical (unpaired) electrons. The van der Waals surface area contributed by atoms with Crippen molar-refractivity contribution in [3.8, 4) is 0 Å². The summed E-state index contributed by atoms with van der Waals surface area (Å²) < 4.78 is 13.0. The second kappa shape index (κ2) is 11.8. The highest BCUT2D eigenvalue weighted by atomic mass is 32.2. The second-order valence-corrected chi connectivity index (χ2v) is 8.42. The first kappa shape index (κ1) is 23.2.